The maximum Gasteiger partial charge on any atom is 0.291 e. The minimum absolute atomic E-state index is 0.0324. The fraction of sp³-hybridized carbons (Fsp3) is 0.583. The SMILES string of the molecule is Cc1c([N+](=O)[O-])cnc(N2CC(C)CC(N)C2)c1Br. The first-order valence-electron chi connectivity index (χ1n) is 6.20. The van der Waals surface area contributed by atoms with Gasteiger partial charge in [0.25, 0.3) is 5.69 Å². The van der Waals surface area contributed by atoms with Crippen LogP contribution in [0.5, 0.6) is 0 Å². The van der Waals surface area contributed by atoms with Crippen LogP contribution in [0.15, 0.2) is 10.7 Å². The van der Waals surface area contributed by atoms with E-state index in [0.29, 0.717) is 16.0 Å². The molecule has 0 amide bonds. The second-order valence-electron chi connectivity index (χ2n) is 5.17. The van der Waals surface area contributed by atoms with Crippen LogP contribution >= 0.6 is 15.9 Å². The number of nitrogens with zero attached hydrogens (tertiary/aromatic N) is 3. The molecule has 0 aliphatic carbocycles. The van der Waals surface area contributed by atoms with Gasteiger partial charge in [0.15, 0.2) is 0 Å². The van der Waals surface area contributed by atoms with Gasteiger partial charge in [-0.15, -0.1) is 0 Å². The van der Waals surface area contributed by atoms with E-state index < -0.39 is 4.92 Å². The molecule has 6 nitrogen and oxygen atoms in total. The summed E-state index contributed by atoms with van der Waals surface area (Å²) in [5.41, 5.74) is 6.66. The molecule has 1 aliphatic rings. The lowest BCUT2D eigenvalue weighted by Gasteiger charge is -2.36. The van der Waals surface area contributed by atoms with E-state index in [1.807, 2.05) is 0 Å². The summed E-state index contributed by atoms with van der Waals surface area (Å²) in [6, 6.07) is 0.118. The molecule has 2 heterocycles. The molecular formula is C12H17BrN4O2. The largest absolute Gasteiger partial charge is 0.354 e. The summed E-state index contributed by atoms with van der Waals surface area (Å²) in [6.07, 6.45) is 2.32. The number of pyridine rings is 1. The summed E-state index contributed by atoms with van der Waals surface area (Å²) >= 11 is 3.43. The molecule has 104 valence electrons. The minimum atomic E-state index is -0.415. The van der Waals surface area contributed by atoms with Crippen molar-refractivity contribution in [2.45, 2.75) is 26.3 Å². The molecule has 1 aromatic rings. The number of rotatable bonds is 2. The van der Waals surface area contributed by atoms with Crippen LogP contribution in [-0.2, 0) is 0 Å². The van der Waals surface area contributed by atoms with Crippen LogP contribution in [-0.4, -0.2) is 29.0 Å². The van der Waals surface area contributed by atoms with Gasteiger partial charge in [-0.25, -0.2) is 4.98 Å². The third kappa shape index (κ3) is 2.87. The van der Waals surface area contributed by atoms with E-state index in [0.717, 1.165) is 25.3 Å². The molecule has 2 rings (SSSR count). The molecule has 0 radical (unpaired) electrons. The third-order valence-electron chi connectivity index (χ3n) is 3.41. The molecule has 2 N–H and O–H groups in total. The Morgan fingerprint density at radius 3 is 2.84 bits per heavy atom. The summed E-state index contributed by atoms with van der Waals surface area (Å²) < 4.78 is 0.683. The normalized spacial score (nSPS) is 23.5. The van der Waals surface area contributed by atoms with Gasteiger partial charge >= 0.3 is 0 Å². The highest BCUT2D eigenvalue weighted by Crippen LogP contribution is 2.34. The topological polar surface area (TPSA) is 85.3 Å². The smallest absolute Gasteiger partial charge is 0.291 e. The molecule has 0 saturated carbocycles. The fourth-order valence-electron chi connectivity index (χ4n) is 2.53. The van der Waals surface area contributed by atoms with E-state index in [-0.39, 0.29) is 11.7 Å². The Hall–Kier alpha value is -1.21. The molecule has 2 unspecified atom stereocenters. The van der Waals surface area contributed by atoms with E-state index in [2.05, 4.69) is 32.7 Å². The Morgan fingerprint density at radius 1 is 1.58 bits per heavy atom. The monoisotopic (exact) mass is 328 g/mol. The molecular weight excluding hydrogens is 312 g/mol. The first-order chi connectivity index (χ1) is 8.90. The summed E-state index contributed by atoms with van der Waals surface area (Å²) in [4.78, 5) is 16.8. The number of halogens is 1. The highest BCUT2D eigenvalue weighted by molar-refractivity contribution is 9.10. The zero-order valence-electron chi connectivity index (χ0n) is 11.0. The zero-order chi connectivity index (χ0) is 14.2. The molecule has 19 heavy (non-hydrogen) atoms. The van der Waals surface area contributed by atoms with E-state index in [1.54, 1.807) is 6.92 Å². The zero-order valence-corrected chi connectivity index (χ0v) is 12.6. The van der Waals surface area contributed by atoms with Crippen molar-refractivity contribution >= 4 is 27.4 Å². The van der Waals surface area contributed by atoms with Crippen LogP contribution in [0.2, 0.25) is 0 Å². The molecule has 0 aromatic carbocycles. The first-order valence-corrected chi connectivity index (χ1v) is 6.99. The van der Waals surface area contributed by atoms with Crippen molar-refractivity contribution in [3.05, 3.63) is 26.3 Å². The van der Waals surface area contributed by atoms with Crippen molar-refractivity contribution in [1.29, 1.82) is 0 Å². The summed E-state index contributed by atoms with van der Waals surface area (Å²) in [5, 5.41) is 10.9. The van der Waals surface area contributed by atoms with Crippen LogP contribution in [0.1, 0.15) is 18.9 Å². The van der Waals surface area contributed by atoms with Crippen molar-refractivity contribution < 1.29 is 4.92 Å². The Balaban J connectivity index is 2.35. The van der Waals surface area contributed by atoms with E-state index in [1.165, 1.54) is 6.20 Å². The predicted octanol–water partition coefficient (Wildman–Crippen LogP) is 2.23. The van der Waals surface area contributed by atoms with Crippen LogP contribution in [0.25, 0.3) is 0 Å². The summed E-state index contributed by atoms with van der Waals surface area (Å²) in [5.74, 6) is 1.23. The number of hydrogen-bond acceptors (Lipinski definition) is 5. The van der Waals surface area contributed by atoms with Crippen molar-refractivity contribution in [3.8, 4) is 0 Å². The number of nitrogens with two attached hydrogens (primary N) is 1. The van der Waals surface area contributed by atoms with Gasteiger partial charge in [0.05, 0.1) is 9.40 Å². The molecule has 1 fully saturated rings. The summed E-state index contributed by atoms with van der Waals surface area (Å²) in [6.45, 7) is 5.47. The molecule has 0 bridgehead atoms. The van der Waals surface area contributed by atoms with Gasteiger partial charge in [-0.05, 0) is 35.2 Å². The Labute approximate surface area is 120 Å². The van der Waals surface area contributed by atoms with Gasteiger partial charge in [0, 0.05) is 24.7 Å². The average molecular weight is 329 g/mol. The second kappa shape index (κ2) is 5.42. The molecule has 1 aliphatic heterocycles. The Morgan fingerprint density at radius 2 is 2.26 bits per heavy atom. The number of aromatic nitrogens is 1. The lowest BCUT2D eigenvalue weighted by atomic mass is 9.96. The predicted molar refractivity (Wildman–Crippen MR) is 77.3 cm³/mol. The fourth-order valence-corrected chi connectivity index (χ4v) is 3.09. The van der Waals surface area contributed by atoms with Crippen LogP contribution < -0.4 is 10.6 Å². The third-order valence-corrected chi connectivity index (χ3v) is 4.36. The van der Waals surface area contributed by atoms with Crippen LogP contribution in [0.3, 0.4) is 0 Å². The highest BCUT2D eigenvalue weighted by Gasteiger charge is 2.26. The van der Waals surface area contributed by atoms with Gasteiger partial charge in [-0.3, -0.25) is 10.1 Å². The van der Waals surface area contributed by atoms with Gasteiger partial charge in [0.1, 0.15) is 12.0 Å². The van der Waals surface area contributed by atoms with Gasteiger partial charge in [-0.1, -0.05) is 6.92 Å². The van der Waals surface area contributed by atoms with Crippen molar-refractivity contribution in [2.75, 3.05) is 18.0 Å². The number of piperidine rings is 1. The maximum absolute atomic E-state index is 10.9. The van der Waals surface area contributed by atoms with Gasteiger partial charge in [0.2, 0.25) is 0 Å². The molecule has 0 spiro atoms. The maximum atomic E-state index is 10.9. The van der Waals surface area contributed by atoms with Crippen molar-refractivity contribution in [2.24, 2.45) is 11.7 Å². The molecule has 7 heteroatoms. The number of nitro groups is 1. The number of hydrogen-bond donors (Lipinski definition) is 1. The lowest BCUT2D eigenvalue weighted by molar-refractivity contribution is -0.385. The highest BCUT2D eigenvalue weighted by atomic mass is 79.9. The quantitative estimate of drug-likeness (QED) is 0.664. The molecule has 2 atom stereocenters. The Bertz CT molecular complexity index is 499. The van der Waals surface area contributed by atoms with E-state index in [9.17, 15) is 10.1 Å². The lowest BCUT2D eigenvalue weighted by Crippen LogP contribution is -2.46. The van der Waals surface area contributed by atoms with E-state index >= 15 is 0 Å². The molecule has 1 saturated heterocycles. The first kappa shape index (κ1) is 14.2. The van der Waals surface area contributed by atoms with E-state index in [4.69, 9.17) is 5.73 Å². The van der Waals surface area contributed by atoms with Crippen LogP contribution in [0.4, 0.5) is 11.5 Å². The van der Waals surface area contributed by atoms with Gasteiger partial charge < -0.3 is 10.6 Å². The average Bonchev–Trinajstić information content (AvgIpc) is 2.30. The standard InChI is InChI=1S/C12H17BrN4O2/c1-7-3-9(14)6-16(5-7)12-11(13)8(2)10(4-15-12)17(18)19/h4,7,9H,3,5-6,14H2,1-2H3. The van der Waals surface area contributed by atoms with Crippen LogP contribution in [0, 0.1) is 23.0 Å². The summed E-state index contributed by atoms with van der Waals surface area (Å²) in [7, 11) is 0. The minimum Gasteiger partial charge on any atom is -0.354 e. The van der Waals surface area contributed by atoms with Gasteiger partial charge in [-0.2, -0.15) is 0 Å². The number of anilines is 1. The van der Waals surface area contributed by atoms with Crippen molar-refractivity contribution in [1.82, 2.24) is 4.98 Å². The second-order valence-corrected chi connectivity index (χ2v) is 5.96. The van der Waals surface area contributed by atoms with Crippen molar-refractivity contribution in [3.63, 3.8) is 0 Å². The molecule has 1 aromatic heterocycles. The Kier molecular flexibility index (Phi) is 4.05.